The fraction of sp³-hybridized carbons (Fsp3) is 0.458. The van der Waals surface area contributed by atoms with Crippen LogP contribution in [0.3, 0.4) is 0 Å². The summed E-state index contributed by atoms with van der Waals surface area (Å²) in [5.74, 6) is 0.0360. The number of aliphatic hydroxyl groups is 1. The highest BCUT2D eigenvalue weighted by atomic mass is 16.5. The van der Waals surface area contributed by atoms with Gasteiger partial charge in [0, 0.05) is 30.5 Å². The van der Waals surface area contributed by atoms with E-state index in [9.17, 15) is 14.7 Å². The molecule has 2 unspecified atom stereocenters. The minimum atomic E-state index is -0.489. The summed E-state index contributed by atoms with van der Waals surface area (Å²) < 4.78 is 5.81. The lowest BCUT2D eigenvalue weighted by molar-refractivity contribution is -0.162. The Morgan fingerprint density at radius 3 is 2.48 bits per heavy atom. The molecule has 1 aliphatic carbocycles. The molecule has 2 aromatic rings. The molecule has 31 heavy (non-hydrogen) atoms. The number of carbonyl (C=O) groups is 2. The van der Waals surface area contributed by atoms with Crippen LogP contribution in [0.4, 0.5) is 5.69 Å². The lowest BCUT2D eigenvalue weighted by atomic mass is 9.88. The summed E-state index contributed by atoms with van der Waals surface area (Å²) in [6.45, 7) is 0.149. The third kappa shape index (κ3) is 5.11. The second-order valence-corrected chi connectivity index (χ2v) is 8.30. The average Bonchev–Trinajstić information content (AvgIpc) is 2.82. The van der Waals surface area contributed by atoms with Gasteiger partial charge >= 0.3 is 0 Å². The van der Waals surface area contributed by atoms with E-state index in [2.05, 4.69) is 10.3 Å². The second kappa shape index (κ2) is 10.0. The van der Waals surface area contributed by atoms with Crippen LogP contribution in [0.5, 0.6) is 0 Å². The predicted molar refractivity (Wildman–Crippen MR) is 116 cm³/mol. The number of morpholine rings is 1. The number of carbonyl (C=O) groups excluding carboxylic acids is 2. The molecule has 7 nitrogen and oxygen atoms in total. The number of amides is 2. The van der Waals surface area contributed by atoms with Gasteiger partial charge in [-0.1, -0.05) is 31.4 Å². The van der Waals surface area contributed by atoms with Crippen molar-refractivity contribution in [3.8, 4) is 0 Å². The molecule has 7 heteroatoms. The number of aromatic nitrogens is 1. The number of nitrogens with zero attached hydrogens (tertiary/aromatic N) is 2. The van der Waals surface area contributed by atoms with Crippen LogP contribution in [-0.2, 0) is 20.9 Å². The Kier molecular flexibility index (Phi) is 6.94. The number of nitrogens with one attached hydrogen (secondary N) is 1. The minimum absolute atomic E-state index is 0.0353. The van der Waals surface area contributed by atoms with Gasteiger partial charge in [0.1, 0.15) is 12.7 Å². The second-order valence-electron chi connectivity index (χ2n) is 8.30. The van der Waals surface area contributed by atoms with E-state index in [1.165, 1.54) is 6.42 Å². The first-order valence-corrected chi connectivity index (χ1v) is 11.0. The maximum atomic E-state index is 12.5. The van der Waals surface area contributed by atoms with E-state index < -0.39 is 12.1 Å². The molecule has 0 spiro atoms. The van der Waals surface area contributed by atoms with Crippen molar-refractivity contribution in [1.29, 1.82) is 0 Å². The van der Waals surface area contributed by atoms with E-state index >= 15 is 0 Å². The molecule has 4 rings (SSSR count). The fourth-order valence-corrected chi connectivity index (χ4v) is 4.47. The first-order valence-electron chi connectivity index (χ1n) is 11.0. The van der Waals surface area contributed by atoms with Gasteiger partial charge in [0.25, 0.3) is 0 Å². The third-order valence-corrected chi connectivity index (χ3v) is 6.23. The third-order valence-electron chi connectivity index (χ3n) is 6.23. The number of hydrogen-bond acceptors (Lipinski definition) is 5. The number of anilines is 1. The van der Waals surface area contributed by atoms with Crippen molar-refractivity contribution in [1.82, 2.24) is 9.88 Å². The van der Waals surface area contributed by atoms with Gasteiger partial charge in [-0.05, 0) is 48.2 Å². The van der Waals surface area contributed by atoms with Gasteiger partial charge in [-0.2, -0.15) is 0 Å². The number of rotatable bonds is 6. The molecule has 1 saturated heterocycles. The highest BCUT2D eigenvalue weighted by molar-refractivity contribution is 5.92. The van der Waals surface area contributed by atoms with Crippen LogP contribution in [0.25, 0.3) is 0 Å². The van der Waals surface area contributed by atoms with Crippen LogP contribution in [-0.4, -0.2) is 46.1 Å². The summed E-state index contributed by atoms with van der Waals surface area (Å²) in [5.41, 5.74) is 2.56. The number of hydrogen-bond donors (Lipinski definition) is 2. The highest BCUT2D eigenvalue weighted by Crippen LogP contribution is 2.31. The van der Waals surface area contributed by atoms with Crippen LogP contribution < -0.4 is 5.32 Å². The zero-order valence-electron chi connectivity index (χ0n) is 17.6. The number of ether oxygens (including phenoxy) is 1. The Morgan fingerprint density at radius 1 is 1.10 bits per heavy atom. The first kappa shape index (κ1) is 21.5. The van der Waals surface area contributed by atoms with E-state index in [0.29, 0.717) is 6.54 Å². The predicted octanol–water partition coefficient (Wildman–Crippen LogP) is 3.06. The van der Waals surface area contributed by atoms with Gasteiger partial charge in [-0.15, -0.1) is 0 Å². The Hall–Kier alpha value is -2.77. The first-order chi connectivity index (χ1) is 15.2. The highest BCUT2D eigenvalue weighted by Gasteiger charge is 2.37. The molecule has 2 N–H and O–H groups in total. The summed E-state index contributed by atoms with van der Waals surface area (Å²) >= 11 is 0. The number of aliphatic hydroxyl groups excluding tert-OH is 1. The molecule has 164 valence electrons. The molecule has 1 aromatic carbocycles. The molecule has 2 heterocycles. The van der Waals surface area contributed by atoms with Crippen molar-refractivity contribution >= 4 is 17.5 Å². The smallest absolute Gasteiger partial charge is 0.249 e. The lowest BCUT2D eigenvalue weighted by Crippen LogP contribution is -2.52. The maximum Gasteiger partial charge on any atom is 0.249 e. The van der Waals surface area contributed by atoms with Gasteiger partial charge in [-0.25, -0.2) is 0 Å². The summed E-state index contributed by atoms with van der Waals surface area (Å²) in [5, 5.41) is 13.1. The normalized spacial score (nSPS) is 22.4. The van der Waals surface area contributed by atoms with Crippen LogP contribution >= 0.6 is 0 Å². The van der Waals surface area contributed by atoms with Gasteiger partial charge < -0.3 is 20.1 Å². The van der Waals surface area contributed by atoms with Gasteiger partial charge in [0.15, 0.2) is 0 Å². The van der Waals surface area contributed by atoms with Crippen molar-refractivity contribution in [2.75, 3.05) is 18.5 Å². The van der Waals surface area contributed by atoms with Crippen molar-refractivity contribution < 1.29 is 19.4 Å². The van der Waals surface area contributed by atoms with Crippen LogP contribution in [0.2, 0.25) is 0 Å². The Morgan fingerprint density at radius 2 is 1.81 bits per heavy atom. The molecule has 1 aromatic heterocycles. The summed E-state index contributed by atoms with van der Waals surface area (Å²) in [6.07, 6.45) is 8.30. The molecule has 0 bridgehead atoms. The van der Waals surface area contributed by atoms with Crippen molar-refractivity contribution in [3.63, 3.8) is 0 Å². The molecule has 2 amide bonds. The van der Waals surface area contributed by atoms with E-state index in [0.717, 1.165) is 42.5 Å². The SMILES string of the molecule is O=C(Nc1ccc(C2OCC(=O)N(Cc3ccncc3)C2CO)cc1)C1CCCCC1. The number of benzene rings is 1. The topological polar surface area (TPSA) is 91.8 Å². The van der Waals surface area contributed by atoms with Gasteiger partial charge in [-0.3, -0.25) is 14.6 Å². The van der Waals surface area contributed by atoms with E-state index in [-0.39, 0.29) is 30.9 Å². The monoisotopic (exact) mass is 423 g/mol. The molecule has 2 fully saturated rings. The van der Waals surface area contributed by atoms with Crippen molar-refractivity contribution in [3.05, 3.63) is 59.9 Å². The Balaban J connectivity index is 1.45. The molecule has 0 radical (unpaired) electrons. The molecular weight excluding hydrogens is 394 g/mol. The Bertz CT molecular complexity index is 881. The molecule has 1 aliphatic heterocycles. The standard InChI is InChI=1S/C24H29N3O4/c28-15-21-23(31-16-22(29)27(21)14-17-10-12-25-13-11-17)18-6-8-20(9-7-18)26-24(30)19-4-2-1-3-5-19/h6-13,19,21,23,28H,1-5,14-16H2,(H,26,30). The fourth-order valence-electron chi connectivity index (χ4n) is 4.47. The zero-order chi connectivity index (χ0) is 21.6. The quantitative estimate of drug-likeness (QED) is 0.745. The summed E-state index contributed by atoms with van der Waals surface area (Å²) in [6, 6.07) is 10.7. The minimum Gasteiger partial charge on any atom is -0.394 e. The average molecular weight is 424 g/mol. The van der Waals surface area contributed by atoms with Crippen LogP contribution in [0, 0.1) is 5.92 Å². The maximum absolute atomic E-state index is 12.5. The molecular formula is C24H29N3O4. The van der Waals surface area contributed by atoms with E-state index in [1.807, 2.05) is 36.4 Å². The molecule has 2 aliphatic rings. The lowest BCUT2D eigenvalue weighted by Gasteiger charge is -2.40. The zero-order valence-corrected chi connectivity index (χ0v) is 17.6. The Labute approximate surface area is 182 Å². The van der Waals surface area contributed by atoms with Crippen molar-refractivity contribution in [2.45, 2.75) is 50.8 Å². The van der Waals surface area contributed by atoms with Crippen LogP contribution in [0.15, 0.2) is 48.8 Å². The van der Waals surface area contributed by atoms with Crippen LogP contribution in [0.1, 0.15) is 49.3 Å². The van der Waals surface area contributed by atoms with Crippen molar-refractivity contribution in [2.24, 2.45) is 5.92 Å². The number of pyridine rings is 1. The largest absolute Gasteiger partial charge is 0.394 e. The summed E-state index contributed by atoms with van der Waals surface area (Å²) in [4.78, 5) is 30.7. The van der Waals surface area contributed by atoms with Gasteiger partial charge in [0.2, 0.25) is 11.8 Å². The van der Waals surface area contributed by atoms with E-state index in [4.69, 9.17) is 4.74 Å². The molecule has 1 saturated carbocycles. The summed E-state index contributed by atoms with van der Waals surface area (Å²) in [7, 11) is 0. The van der Waals surface area contributed by atoms with E-state index in [1.54, 1.807) is 17.3 Å². The van der Waals surface area contributed by atoms with Gasteiger partial charge in [0.05, 0.1) is 12.6 Å². The molecule has 2 atom stereocenters.